The van der Waals surface area contributed by atoms with Crippen molar-refractivity contribution in [3.63, 3.8) is 0 Å². The van der Waals surface area contributed by atoms with E-state index in [2.05, 4.69) is 253 Å². The van der Waals surface area contributed by atoms with E-state index in [1.165, 1.54) is 83.7 Å². The number of rotatable bonds is 6. The van der Waals surface area contributed by atoms with Gasteiger partial charge >= 0.3 is 0 Å². The molecule has 3 aliphatic rings. The highest BCUT2D eigenvalue weighted by molar-refractivity contribution is 5.96. The molecule has 0 amide bonds. The lowest BCUT2D eigenvalue weighted by atomic mass is 9.64. The molecule has 292 valence electrons. The Bertz CT molecular complexity index is 3130. The topological polar surface area (TPSA) is 15.3 Å². The average molecular weight is 791 g/mol. The van der Waals surface area contributed by atoms with Gasteiger partial charge in [-0.1, -0.05) is 200 Å². The summed E-state index contributed by atoms with van der Waals surface area (Å²) in [5.74, 6) is 0. The molecule has 1 atom stereocenters. The molecule has 1 unspecified atom stereocenters. The molecule has 0 saturated heterocycles. The van der Waals surface area contributed by atoms with Gasteiger partial charge in [0.05, 0.1) is 22.8 Å². The third-order valence-electron chi connectivity index (χ3n) is 13.1. The second kappa shape index (κ2) is 14.7. The van der Waals surface area contributed by atoms with Crippen LogP contribution in [0.3, 0.4) is 0 Å². The second-order valence-electron chi connectivity index (χ2n) is 16.5. The molecular weight excluding hydrogens is 749 g/mol. The van der Waals surface area contributed by atoms with Crippen LogP contribution in [0.5, 0.6) is 0 Å². The van der Waals surface area contributed by atoms with Crippen molar-refractivity contribution in [2.24, 2.45) is 0 Å². The Morgan fingerprint density at radius 3 is 1.53 bits per heavy atom. The lowest BCUT2D eigenvalue weighted by molar-refractivity contribution is 0.753. The molecule has 0 aromatic heterocycles. The molecule has 12 rings (SSSR count). The molecule has 2 nitrogen and oxygen atoms in total. The summed E-state index contributed by atoms with van der Waals surface area (Å²) in [6, 6.07) is 84.4. The van der Waals surface area contributed by atoms with Crippen LogP contribution in [-0.2, 0) is 5.41 Å². The fourth-order valence-corrected chi connectivity index (χ4v) is 10.3. The van der Waals surface area contributed by atoms with Crippen LogP contribution >= 0.6 is 0 Å². The molecule has 0 bridgehead atoms. The number of hydrogen-bond acceptors (Lipinski definition) is 2. The molecule has 0 saturated carbocycles. The molecular formula is C60H42N2. The normalized spacial score (nSPS) is 15.4. The van der Waals surface area contributed by atoms with Crippen molar-refractivity contribution >= 4 is 28.3 Å². The Morgan fingerprint density at radius 1 is 0.371 bits per heavy atom. The lowest BCUT2D eigenvalue weighted by Crippen LogP contribution is -2.36. The highest BCUT2D eigenvalue weighted by Gasteiger charge is 2.51. The third kappa shape index (κ3) is 5.72. The summed E-state index contributed by atoms with van der Waals surface area (Å²) in [6.07, 6.45) is 4.65. The van der Waals surface area contributed by atoms with Crippen molar-refractivity contribution in [2.75, 3.05) is 4.90 Å². The summed E-state index contributed by atoms with van der Waals surface area (Å²) < 4.78 is 0. The van der Waals surface area contributed by atoms with Gasteiger partial charge in [0.2, 0.25) is 0 Å². The summed E-state index contributed by atoms with van der Waals surface area (Å²) in [4.78, 5) is 2.44. The van der Waals surface area contributed by atoms with Gasteiger partial charge in [0.15, 0.2) is 0 Å². The van der Waals surface area contributed by atoms with Gasteiger partial charge < -0.3 is 10.2 Å². The summed E-state index contributed by atoms with van der Waals surface area (Å²) in [6.45, 7) is 0. The zero-order valence-electron chi connectivity index (χ0n) is 34.1. The van der Waals surface area contributed by atoms with E-state index in [0.29, 0.717) is 0 Å². The average Bonchev–Trinajstić information content (AvgIpc) is 3.65. The van der Waals surface area contributed by atoms with E-state index in [4.69, 9.17) is 0 Å². The molecule has 0 radical (unpaired) electrons. The van der Waals surface area contributed by atoms with Crippen molar-refractivity contribution in [1.29, 1.82) is 0 Å². The van der Waals surface area contributed by atoms with Crippen LogP contribution in [0.4, 0.5) is 17.1 Å². The molecule has 2 heterocycles. The molecule has 1 aliphatic carbocycles. The van der Waals surface area contributed by atoms with E-state index in [-0.39, 0.29) is 6.04 Å². The Kier molecular flexibility index (Phi) is 8.50. The highest BCUT2D eigenvalue weighted by Crippen LogP contribution is 2.63. The van der Waals surface area contributed by atoms with Crippen molar-refractivity contribution in [2.45, 2.75) is 11.5 Å². The molecule has 1 N–H and O–H groups in total. The van der Waals surface area contributed by atoms with E-state index >= 15 is 0 Å². The van der Waals surface area contributed by atoms with E-state index in [0.717, 1.165) is 16.9 Å². The minimum absolute atomic E-state index is 0.0169. The van der Waals surface area contributed by atoms with Gasteiger partial charge in [-0.25, -0.2) is 0 Å². The van der Waals surface area contributed by atoms with Crippen LogP contribution in [0.15, 0.2) is 243 Å². The van der Waals surface area contributed by atoms with Crippen LogP contribution in [-0.4, -0.2) is 0 Å². The van der Waals surface area contributed by atoms with Gasteiger partial charge in [-0.05, 0) is 120 Å². The van der Waals surface area contributed by atoms with Gasteiger partial charge in [-0.2, -0.15) is 0 Å². The molecule has 62 heavy (non-hydrogen) atoms. The molecule has 9 aromatic rings. The second-order valence-corrected chi connectivity index (χ2v) is 16.5. The first kappa shape index (κ1) is 36.0. The first-order chi connectivity index (χ1) is 30.7. The van der Waals surface area contributed by atoms with Crippen LogP contribution in [0.25, 0.3) is 44.7 Å². The van der Waals surface area contributed by atoms with Gasteiger partial charge in [-0.3, -0.25) is 0 Å². The minimum atomic E-state index is -0.494. The van der Waals surface area contributed by atoms with Crippen LogP contribution in [0.2, 0.25) is 0 Å². The van der Waals surface area contributed by atoms with Crippen LogP contribution in [0, 0.1) is 0 Å². The number of hydrogen-bond donors (Lipinski definition) is 1. The summed E-state index contributed by atoms with van der Waals surface area (Å²) >= 11 is 0. The quantitative estimate of drug-likeness (QED) is 0.180. The van der Waals surface area contributed by atoms with Gasteiger partial charge in [0, 0.05) is 11.4 Å². The maximum absolute atomic E-state index is 3.90. The predicted octanol–water partition coefficient (Wildman–Crippen LogP) is 14.9. The van der Waals surface area contributed by atoms with Crippen molar-refractivity contribution in [3.8, 4) is 33.4 Å². The third-order valence-corrected chi connectivity index (χ3v) is 13.1. The van der Waals surface area contributed by atoms with E-state index in [9.17, 15) is 0 Å². The maximum atomic E-state index is 3.90. The summed E-state index contributed by atoms with van der Waals surface area (Å²) in [7, 11) is 0. The van der Waals surface area contributed by atoms with E-state index in [1.54, 1.807) is 0 Å². The Labute approximate surface area is 363 Å². The Balaban J connectivity index is 0.942. The van der Waals surface area contributed by atoms with Gasteiger partial charge in [0.1, 0.15) is 0 Å². The van der Waals surface area contributed by atoms with Gasteiger partial charge in [-0.15, -0.1) is 0 Å². The minimum Gasteiger partial charge on any atom is -0.374 e. The number of allylic oxidation sites excluding steroid dienone is 2. The number of benzene rings is 9. The number of dihydropyridines is 1. The number of anilines is 3. The SMILES string of the molecule is C1=C(c2ccccc2)C=C(c2ccc(-c3ccc4c(c3)C3(c5ccccc5-4)c4ccccc4N(c4ccccc4)c4ccccc43)cc2)NC1c1ccc(-c2ccccc2)cc1. The number of nitrogens with one attached hydrogen (secondary N) is 1. The molecule has 0 fully saturated rings. The predicted molar refractivity (Wildman–Crippen MR) is 258 cm³/mol. The monoisotopic (exact) mass is 790 g/mol. The number of nitrogens with zero attached hydrogens (tertiary/aromatic N) is 1. The van der Waals surface area contributed by atoms with Gasteiger partial charge in [0.25, 0.3) is 0 Å². The Morgan fingerprint density at radius 2 is 0.855 bits per heavy atom. The standard InChI is InChI=1S/C60H42N2/c1-4-16-41(17-5-1)43-28-32-45(33-29-43)56-39-48(42-18-6-2-7-19-42)40-57(61-56)46-34-30-44(31-35-46)47-36-37-51-50-22-10-11-23-52(50)60(55(51)38-47)53-24-12-14-26-58(53)62(49-20-8-3-9-21-49)59-27-15-13-25-54(59)60/h1-40,56,61H. The zero-order valence-corrected chi connectivity index (χ0v) is 34.1. The largest absolute Gasteiger partial charge is 0.374 e. The fourth-order valence-electron chi connectivity index (χ4n) is 10.3. The van der Waals surface area contributed by atoms with Crippen LogP contribution < -0.4 is 10.2 Å². The van der Waals surface area contributed by atoms with Crippen LogP contribution in [0.1, 0.15) is 45.0 Å². The number of fused-ring (bicyclic) bond motifs is 9. The van der Waals surface area contributed by atoms with E-state index in [1.807, 2.05) is 0 Å². The highest BCUT2D eigenvalue weighted by atomic mass is 15.2. The summed E-state index contributed by atoms with van der Waals surface area (Å²) in [5, 5.41) is 3.90. The smallest absolute Gasteiger partial charge is 0.0754 e. The van der Waals surface area contributed by atoms with Crippen molar-refractivity contribution in [1.82, 2.24) is 5.32 Å². The molecule has 1 spiro atoms. The first-order valence-corrected chi connectivity index (χ1v) is 21.5. The molecule has 2 heteroatoms. The van der Waals surface area contributed by atoms with Crippen molar-refractivity contribution in [3.05, 3.63) is 282 Å². The van der Waals surface area contributed by atoms with E-state index < -0.39 is 5.41 Å². The Hall–Kier alpha value is -7.94. The molecule has 2 aliphatic heterocycles. The first-order valence-electron chi connectivity index (χ1n) is 21.5. The number of para-hydroxylation sites is 3. The van der Waals surface area contributed by atoms with Crippen molar-refractivity contribution < 1.29 is 0 Å². The summed E-state index contributed by atoms with van der Waals surface area (Å²) in [5.41, 5.74) is 21.6. The lowest BCUT2D eigenvalue weighted by Gasteiger charge is -2.45. The maximum Gasteiger partial charge on any atom is 0.0754 e. The molecule has 9 aromatic carbocycles. The zero-order chi connectivity index (χ0) is 41.0. The fraction of sp³-hybridized carbons (Fsp3) is 0.0333.